The quantitative estimate of drug-likeness (QED) is 0.873. The number of ether oxygens (including phenoxy) is 1. The average Bonchev–Trinajstić information content (AvgIpc) is 2.78. The van der Waals surface area contributed by atoms with Crippen LogP contribution in [-0.2, 0) is 12.8 Å². The molecule has 17 heavy (non-hydrogen) atoms. The van der Waals surface area contributed by atoms with E-state index in [9.17, 15) is 0 Å². The zero-order chi connectivity index (χ0) is 11.7. The van der Waals surface area contributed by atoms with Crippen LogP contribution < -0.4 is 10.1 Å². The first-order valence-electron chi connectivity index (χ1n) is 6.48. The minimum absolute atomic E-state index is 0.781. The standard InChI is InChI=1S/C14H18ClNO/c15-13-8-11-3-6-17-14(11)12(9-13)7-10-1-4-16-5-2-10/h8-10,16H,1-7H2. The van der Waals surface area contributed by atoms with Crippen molar-refractivity contribution in [2.24, 2.45) is 5.92 Å². The summed E-state index contributed by atoms with van der Waals surface area (Å²) in [6, 6.07) is 4.14. The van der Waals surface area contributed by atoms with Crippen LogP contribution in [-0.4, -0.2) is 19.7 Å². The summed E-state index contributed by atoms with van der Waals surface area (Å²) >= 11 is 6.18. The third-order valence-electron chi connectivity index (χ3n) is 3.79. The van der Waals surface area contributed by atoms with Crippen LogP contribution >= 0.6 is 11.6 Å². The average molecular weight is 252 g/mol. The largest absolute Gasteiger partial charge is 0.493 e. The van der Waals surface area contributed by atoms with E-state index in [1.54, 1.807) is 0 Å². The highest BCUT2D eigenvalue weighted by atomic mass is 35.5. The van der Waals surface area contributed by atoms with Gasteiger partial charge in [-0.15, -0.1) is 0 Å². The Kier molecular flexibility index (Phi) is 3.26. The Labute approximate surface area is 107 Å². The van der Waals surface area contributed by atoms with Gasteiger partial charge in [-0.05, 0) is 61.5 Å². The number of rotatable bonds is 2. The van der Waals surface area contributed by atoms with Crippen LogP contribution in [0, 0.1) is 5.92 Å². The van der Waals surface area contributed by atoms with Gasteiger partial charge in [0.05, 0.1) is 6.61 Å². The number of fused-ring (bicyclic) bond motifs is 1. The Bertz CT molecular complexity index is 413. The Hall–Kier alpha value is -0.730. The highest BCUT2D eigenvalue weighted by Gasteiger charge is 2.21. The second kappa shape index (κ2) is 4.87. The smallest absolute Gasteiger partial charge is 0.125 e. The van der Waals surface area contributed by atoms with E-state index in [0.29, 0.717) is 0 Å². The maximum absolute atomic E-state index is 6.18. The summed E-state index contributed by atoms with van der Waals surface area (Å²) in [4.78, 5) is 0. The van der Waals surface area contributed by atoms with Gasteiger partial charge in [-0.1, -0.05) is 11.6 Å². The van der Waals surface area contributed by atoms with E-state index in [0.717, 1.165) is 49.2 Å². The summed E-state index contributed by atoms with van der Waals surface area (Å²) in [5.74, 6) is 1.90. The Morgan fingerprint density at radius 3 is 2.94 bits per heavy atom. The molecule has 92 valence electrons. The summed E-state index contributed by atoms with van der Waals surface area (Å²) < 4.78 is 5.75. The molecule has 0 saturated carbocycles. The summed E-state index contributed by atoms with van der Waals surface area (Å²) in [7, 11) is 0. The highest BCUT2D eigenvalue weighted by molar-refractivity contribution is 6.30. The van der Waals surface area contributed by atoms with E-state index in [1.165, 1.54) is 24.0 Å². The zero-order valence-electron chi connectivity index (χ0n) is 9.97. The highest BCUT2D eigenvalue weighted by Crippen LogP contribution is 2.35. The van der Waals surface area contributed by atoms with E-state index < -0.39 is 0 Å². The van der Waals surface area contributed by atoms with Gasteiger partial charge in [0, 0.05) is 11.4 Å². The molecule has 0 aromatic heterocycles. The lowest BCUT2D eigenvalue weighted by Gasteiger charge is -2.23. The van der Waals surface area contributed by atoms with Gasteiger partial charge < -0.3 is 10.1 Å². The van der Waals surface area contributed by atoms with Crippen LogP contribution in [0.4, 0.5) is 0 Å². The Balaban J connectivity index is 1.82. The molecule has 0 aliphatic carbocycles. The summed E-state index contributed by atoms with van der Waals surface area (Å²) in [6.45, 7) is 3.11. The van der Waals surface area contributed by atoms with Gasteiger partial charge in [-0.2, -0.15) is 0 Å². The van der Waals surface area contributed by atoms with Crippen LogP contribution in [0.3, 0.4) is 0 Å². The molecule has 3 rings (SSSR count). The van der Waals surface area contributed by atoms with Crippen LogP contribution in [0.1, 0.15) is 24.0 Å². The predicted molar refractivity (Wildman–Crippen MR) is 69.9 cm³/mol. The molecule has 0 bridgehead atoms. The van der Waals surface area contributed by atoms with Crippen LogP contribution in [0.5, 0.6) is 5.75 Å². The van der Waals surface area contributed by atoms with E-state index in [4.69, 9.17) is 16.3 Å². The van der Waals surface area contributed by atoms with Crippen molar-refractivity contribution in [1.82, 2.24) is 5.32 Å². The van der Waals surface area contributed by atoms with Crippen molar-refractivity contribution in [2.45, 2.75) is 25.7 Å². The lowest BCUT2D eigenvalue weighted by molar-refractivity contribution is 0.340. The van der Waals surface area contributed by atoms with E-state index in [1.807, 2.05) is 0 Å². The maximum Gasteiger partial charge on any atom is 0.125 e. The molecule has 3 heteroatoms. The Morgan fingerprint density at radius 2 is 2.12 bits per heavy atom. The molecule has 1 N–H and O–H groups in total. The molecule has 0 radical (unpaired) electrons. The number of hydrogen-bond acceptors (Lipinski definition) is 2. The van der Waals surface area contributed by atoms with Crippen LogP contribution in [0.25, 0.3) is 0 Å². The molecule has 1 aromatic rings. The van der Waals surface area contributed by atoms with Crippen LogP contribution in [0.2, 0.25) is 5.02 Å². The van der Waals surface area contributed by atoms with Gasteiger partial charge in [0.2, 0.25) is 0 Å². The summed E-state index contributed by atoms with van der Waals surface area (Å²) in [5, 5.41) is 4.27. The van der Waals surface area contributed by atoms with Crippen molar-refractivity contribution in [3.63, 3.8) is 0 Å². The van der Waals surface area contributed by atoms with Gasteiger partial charge in [-0.25, -0.2) is 0 Å². The minimum Gasteiger partial charge on any atom is -0.493 e. The fourth-order valence-electron chi connectivity index (χ4n) is 2.89. The van der Waals surface area contributed by atoms with Gasteiger partial charge >= 0.3 is 0 Å². The molecular formula is C14H18ClNO. The van der Waals surface area contributed by atoms with Crippen LogP contribution in [0.15, 0.2) is 12.1 Å². The molecular weight excluding hydrogens is 234 g/mol. The van der Waals surface area contributed by atoms with Crippen molar-refractivity contribution < 1.29 is 4.74 Å². The van der Waals surface area contributed by atoms with Crippen molar-refractivity contribution in [1.29, 1.82) is 0 Å². The van der Waals surface area contributed by atoms with Gasteiger partial charge in [0.25, 0.3) is 0 Å². The molecule has 0 atom stereocenters. The molecule has 0 spiro atoms. The van der Waals surface area contributed by atoms with Crippen molar-refractivity contribution in [3.05, 3.63) is 28.3 Å². The molecule has 1 aromatic carbocycles. The molecule has 1 saturated heterocycles. The first-order valence-corrected chi connectivity index (χ1v) is 6.85. The van der Waals surface area contributed by atoms with Gasteiger partial charge in [0.15, 0.2) is 0 Å². The van der Waals surface area contributed by atoms with E-state index >= 15 is 0 Å². The SMILES string of the molecule is Clc1cc2c(c(CC3CCNCC3)c1)OCC2. The second-order valence-electron chi connectivity index (χ2n) is 5.05. The fraction of sp³-hybridized carbons (Fsp3) is 0.571. The molecule has 0 amide bonds. The third kappa shape index (κ3) is 2.43. The molecule has 2 aliphatic heterocycles. The Morgan fingerprint density at radius 1 is 1.29 bits per heavy atom. The number of piperidine rings is 1. The predicted octanol–water partition coefficient (Wildman–Crippen LogP) is 2.82. The lowest BCUT2D eigenvalue weighted by atomic mass is 9.90. The monoisotopic (exact) mass is 251 g/mol. The molecule has 2 aliphatic rings. The van der Waals surface area contributed by atoms with Crippen molar-refractivity contribution in [2.75, 3.05) is 19.7 Å². The summed E-state index contributed by atoms with van der Waals surface area (Å²) in [6.07, 6.45) is 4.66. The minimum atomic E-state index is 0.781. The topological polar surface area (TPSA) is 21.3 Å². The first kappa shape index (κ1) is 11.4. The molecule has 2 heterocycles. The second-order valence-corrected chi connectivity index (χ2v) is 5.49. The molecule has 0 unspecified atom stereocenters. The van der Waals surface area contributed by atoms with Gasteiger partial charge in [-0.3, -0.25) is 0 Å². The number of nitrogens with one attached hydrogen (secondary N) is 1. The number of benzene rings is 1. The normalized spacial score (nSPS) is 20.1. The zero-order valence-corrected chi connectivity index (χ0v) is 10.7. The van der Waals surface area contributed by atoms with E-state index in [2.05, 4.69) is 17.4 Å². The molecule has 1 fully saturated rings. The number of hydrogen-bond donors (Lipinski definition) is 1. The van der Waals surface area contributed by atoms with Gasteiger partial charge in [0.1, 0.15) is 5.75 Å². The number of halogens is 1. The summed E-state index contributed by atoms with van der Waals surface area (Å²) in [5.41, 5.74) is 2.61. The van der Waals surface area contributed by atoms with Crippen molar-refractivity contribution >= 4 is 11.6 Å². The maximum atomic E-state index is 6.18. The van der Waals surface area contributed by atoms with E-state index in [-0.39, 0.29) is 0 Å². The molecule has 2 nitrogen and oxygen atoms in total. The first-order chi connectivity index (χ1) is 8.33. The fourth-order valence-corrected chi connectivity index (χ4v) is 3.16. The third-order valence-corrected chi connectivity index (χ3v) is 4.01. The van der Waals surface area contributed by atoms with Crippen molar-refractivity contribution in [3.8, 4) is 5.75 Å². The lowest BCUT2D eigenvalue weighted by Crippen LogP contribution is -2.28.